The van der Waals surface area contributed by atoms with Crippen molar-refractivity contribution >= 4 is 11.9 Å². The van der Waals surface area contributed by atoms with E-state index in [0.29, 0.717) is 18.7 Å². The molecule has 4 nitrogen and oxygen atoms in total. The number of amides is 1. The summed E-state index contributed by atoms with van der Waals surface area (Å²) in [5.74, 6) is -1.08. The van der Waals surface area contributed by atoms with Crippen molar-refractivity contribution in [1.29, 1.82) is 0 Å². The molecule has 1 heterocycles. The van der Waals surface area contributed by atoms with Crippen molar-refractivity contribution in [3.63, 3.8) is 0 Å². The number of carbonyl (C=O) groups excluding carboxylic acids is 1. The highest BCUT2D eigenvalue weighted by molar-refractivity contribution is 5.90. The van der Waals surface area contributed by atoms with Gasteiger partial charge in [-0.1, -0.05) is 19.2 Å². The maximum atomic E-state index is 11.3. The van der Waals surface area contributed by atoms with Crippen molar-refractivity contribution < 1.29 is 14.7 Å². The van der Waals surface area contributed by atoms with E-state index in [1.807, 2.05) is 0 Å². The van der Waals surface area contributed by atoms with Crippen molar-refractivity contribution in [3.05, 3.63) is 36.6 Å². The van der Waals surface area contributed by atoms with Gasteiger partial charge in [-0.25, -0.2) is 4.79 Å². The van der Waals surface area contributed by atoms with Crippen LogP contribution in [-0.2, 0) is 9.59 Å². The second-order valence-corrected chi connectivity index (χ2v) is 3.25. The summed E-state index contributed by atoms with van der Waals surface area (Å²) in [7, 11) is 0. The predicted octanol–water partition coefficient (Wildman–Crippen LogP) is 1.32. The average Bonchev–Trinajstić information content (AvgIpc) is 2.60. The van der Waals surface area contributed by atoms with E-state index in [9.17, 15) is 9.59 Å². The smallest absolute Gasteiger partial charge is 0.335 e. The van der Waals surface area contributed by atoms with Gasteiger partial charge in [-0.2, -0.15) is 0 Å². The molecule has 1 saturated heterocycles. The molecule has 0 spiro atoms. The topological polar surface area (TPSA) is 57.6 Å². The molecule has 1 rings (SSSR count). The summed E-state index contributed by atoms with van der Waals surface area (Å²) < 4.78 is 0. The highest BCUT2D eigenvalue weighted by Gasteiger charge is 2.21. The summed E-state index contributed by atoms with van der Waals surface area (Å²) >= 11 is 0. The average molecular weight is 207 g/mol. The highest BCUT2D eigenvalue weighted by Crippen LogP contribution is 2.17. The van der Waals surface area contributed by atoms with Crippen molar-refractivity contribution in [2.45, 2.75) is 12.8 Å². The summed E-state index contributed by atoms with van der Waals surface area (Å²) in [6.07, 6.45) is 3.89. The number of carbonyl (C=O) groups is 2. The number of carboxylic acids is 1. The molecule has 0 aliphatic carbocycles. The Bertz CT molecular complexity index is 355. The van der Waals surface area contributed by atoms with E-state index in [2.05, 4.69) is 13.2 Å². The Morgan fingerprint density at radius 2 is 2.20 bits per heavy atom. The van der Waals surface area contributed by atoms with E-state index >= 15 is 0 Å². The Hall–Kier alpha value is -1.84. The first-order valence-corrected chi connectivity index (χ1v) is 4.63. The van der Waals surface area contributed by atoms with Crippen molar-refractivity contribution in [2.24, 2.45) is 0 Å². The molecule has 1 aliphatic rings. The zero-order valence-electron chi connectivity index (χ0n) is 8.40. The Morgan fingerprint density at radius 3 is 2.60 bits per heavy atom. The van der Waals surface area contributed by atoms with Gasteiger partial charge < -0.3 is 10.0 Å². The van der Waals surface area contributed by atoms with E-state index in [0.717, 1.165) is 6.42 Å². The molecule has 4 heteroatoms. The van der Waals surface area contributed by atoms with Gasteiger partial charge in [0.05, 0.1) is 5.57 Å². The SMILES string of the molecule is C=C/C(=C\C(=C)N1CCCC1=O)C(=O)O. The van der Waals surface area contributed by atoms with E-state index in [-0.39, 0.29) is 11.5 Å². The van der Waals surface area contributed by atoms with Gasteiger partial charge in [0, 0.05) is 18.7 Å². The molecule has 0 saturated carbocycles. The van der Waals surface area contributed by atoms with Crippen LogP contribution in [0.1, 0.15) is 12.8 Å². The van der Waals surface area contributed by atoms with Gasteiger partial charge in [-0.05, 0) is 12.5 Å². The molecule has 0 aromatic carbocycles. The fourth-order valence-corrected chi connectivity index (χ4v) is 1.42. The molecule has 1 amide bonds. The second kappa shape index (κ2) is 4.59. The van der Waals surface area contributed by atoms with Gasteiger partial charge in [0.2, 0.25) is 5.91 Å². The third-order valence-corrected chi connectivity index (χ3v) is 2.21. The van der Waals surface area contributed by atoms with Gasteiger partial charge >= 0.3 is 5.97 Å². The number of hydrogen-bond donors (Lipinski definition) is 1. The maximum absolute atomic E-state index is 11.3. The van der Waals surface area contributed by atoms with Crippen LogP contribution in [0.2, 0.25) is 0 Å². The first-order valence-electron chi connectivity index (χ1n) is 4.63. The molecule has 80 valence electrons. The molecule has 1 aliphatic heterocycles. The number of likely N-dealkylation sites (tertiary alicyclic amines) is 1. The quantitative estimate of drug-likeness (QED) is 0.558. The van der Waals surface area contributed by atoms with E-state index in [4.69, 9.17) is 5.11 Å². The van der Waals surface area contributed by atoms with Crippen LogP contribution in [0.4, 0.5) is 0 Å². The molecule has 1 fully saturated rings. The standard InChI is InChI=1S/C11H13NO3/c1-3-9(11(14)15)7-8(2)12-6-4-5-10(12)13/h3,7H,1-2,4-6H2,(H,14,15)/b9-7+. The minimum Gasteiger partial charge on any atom is -0.478 e. The summed E-state index contributed by atoms with van der Waals surface area (Å²) in [6, 6.07) is 0. The lowest BCUT2D eigenvalue weighted by Crippen LogP contribution is -2.22. The molecule has 0 atom stereocenters. The lowest BCUT2D eigenvalue weighted by atomic mass is 10.2. The lowest BCUT2D eigenvalue weighted by molar-refractivity contribution is -0.132. The fourth-order valence-electron chi connectivity index (χ4n) is 1.42. The Morgan fingerprint density at radius 1 is 1.53 bits per heavy atom. The van der Waals surface area contributed by atoms with E-state index in [1.54, 1.807) is 0 Å². The molecule has 15 heavy (non-hydrogen) atoms. The van der Waals surface area contributed by atoms with Crippen LogP contribution in [0.5, 0.6) is 0 Å². The monoisotopic (exact) mass is 207 g/mol. The molecule has 0 radical (unpaired) electrons. The zero-order chi connectivity index (χ0) is 11.4. The molecular formula is C11H13NO3. The summed E-state index contributed by atoms with van der Waals surface area (Å²) in [6.45, 7) is 7.67. The van der Waals surface area contributed by atoms with E-state index < -0.39 is 5.97 Å². The van der Waals surface area contributed by atoms with Crippen molar-refractivity contribution in [2.75, 3.05) is 6.54 Å². The Labute approximate surface area is 88.2 Å². The van der Waals surface area contributed by atoms with Gasteiger partial charge in [-0.3, -0.25) is 4.79 Å². The summed E-state index contributed by atoms with van der Waals surface area (Å²) in [5, 5.41) is 8.75. The van der Waals surface area contributed by atoms with Gasteiger partial charge in [0.15, 0.2) is 0 Å². The normalized spacial score (nSPS) is 16.7. The number of aliphatic carboxylic acids is 1. The third-order valence-electron chi connectivity index (χ3n) is 2.21. The fraction of sp³-hybridized carbons (Fsp3) is 0.273. The summed E-state index contributed by atoms with van der Waals surface area (Å²) in [4.78, 5) is 23.5. The van der Waals surface area contributed by atoms with Gasteiger partial charge in [-0.15, -0.1) is 0 Å². The number of carboxylic acid groups (broad SMARTS) is 1. The molecule has 0 aromatic rings. The maximum Gasteiger partial charge on any atom is 0.335 e. The largest absolute Gasteiger partial charge is 0.478 e. The van der Waals surface area contributed by atoms with Crippen LogP contribution < -0.4 is 0 Å². The van der Waals surface area contributed by atoms with Gasteiger partial charge in [0.25, 0.3) is 0 Å². The number of rotatable bonds is 4. The Balaban J connectivity index is 2.80. The second-order valence-electron chi connectivity index (χ2n) is 3.25. The molecular weight excluding hydrogens is 194 g/mol. The van der Waals surface area contributed by atoms with Crippen molar-refractivity contribution in [3.8, 4) is 0 Å². The number of allylic oxidation sites excluding steroid dienone is 1. The predicted molar refractivity (Wildman–Crippen MR) is 56.0 cm³/mol. The molecule has 1 N–H and O–H groups in total. The number of nitrogens with zero attached hydrogens (tertiary/aromatic N) is 1. The van der Waals surface area contributed by atoms with Crippen LogP contribution >= 0.6 is 0 Å². The third kappa shape index (κ3) is 2.56. The lowest BCUT2D eigenvalue weighted by Gasteiger charge is -2.15. The minimum atomic E-state index is -1.07. The number of hydrogen-bond acceptors (Lipinski definition) is 2. The van der Waals surface area contributed by atoms with Crippen molar-refractivity contribution in [1.82, 2.24) is 4.90 Å². The van der Waals surface area contributed by atoms with Crippen LogP contribution in [0.15, 0.2) is 36.6 Å². The summed E-state index contributed by atoms with van der Waals surface area (Å²) in [5.41, 5.74) is 0.453. The molecule has 0 bridgehead atoms. The van der Waals surface area contributed by atoms with Gasteiger partial charge in [0.1, 0.15) is 0 Å². The van der Waals surface area contributed by atoms with Crippen LogP contribution in [-0.4, -0.2) is 28.4 Å². The first-order chi connectivity index (χ1) is 7.06. The van der Waals surface area contributed by atoms with Crippen LogP contribution in [0.25, 0.3) is 0 Å². The Kier molecular flexibility index (Phi) is 3.44. The minimum absolute atomic E-state index is 0.00921. The first kappa shape index (κ1) is 11.2. The molecule has 0 aromatic heterocycles. The highest BCUT2D eigenvalue weighted by atomic mass is 16.4. The van der Waals surface area contributed by atoms with Crippen LogP contribution in [0.3, 0.4) is 0 Å². The van der Waals surface area contributed by atoms with E-state index in [1.165, 1.54) is 17.1 Å². The van der Waals surface area contributed by atoms with Crippen LogP contribution in [0, 0.1) is 0 Å². The molecule has 0 unspecified atom stereocenters. The zero-order valence-corrected chi connectivity index (χ0v) is 8.40.